The second-order valence-electron chi connectivity index (χ2n) is 1.03. The predicted octanol–water partition coefficient (Wildman–Crippen LogP) is 0.356. The van der Waals surface area contributed by atoms with Crippen molar-refractivity contribution in [3.05, 3.63) is 0 Å². The van der Waals surface area contributed by atoms with Crippen LogP contribution < -0.4 is 0 Å². The molecule has 7 heavy (non-hydrogen) atoms. The van der Waals surface area contributed by atoms with E-state index in [1.165, 1.54) is 0 Å². The van der Waals surface area contributed by atoms with Crippen LogP contribution in [0.5, 0.6) is 0 Å². The van der Waals surface area contributed by atoms with Crippen LogP contribution in [0.25, 0.3) is 0 Å². The van der Waals surface area contributed by atoms with E-state index in [2.05, 4.69) is 10.7 Å². The van der Waals surface area contributed by atoms with Gasteiger partial charge in [-0.1, -0.05) is 5.92 Å². The summed E-state index contributed by atoms with van der Waals surface area (Å²) < 4.78 is 4.63. The second kappa shape index (κ2) is 5.32. The van der Waals surface area contributed by atoms with Gasteiger partial charge in [0.1, 0.15) is 6.11 Å². The number of rotatable bonds is 2. The van der Waals surface area contributed by atoms with Crippen molar-refractivity contribution in [3.63, 3.8) is 0 Å². The van der Waals surface area contributed by atoms with E-state index in [1.54, 1.807) is 13.2 Å². The summed E-state index contributed by atoms with van der Waals surface area (Å²) in [4.78, 5) is 0. The summed E-state index contributed by atoms with van der Waals surface area (Å²) in [6.07, 6.45) is 2.38. The van der Waals surface area contributed by atoms with Crippen LogP contribution in [0.3, 0.4) is 0 Å². The maximum atomic E-state index is 7.88. The van der Waals surface area contributed by atoms with Crippen LogP contribution in [0.15, 0.2) is 0 Å². The zero-order chi connectivity index (χ0) is 5.54. The minimum Gasteiger partial charge on any atom is -0.462 e. The molecule has 0 bridgehead atoms. The van der Waals surface area contributed by atoms with Crippen LogP contribution in [0, 0.1) is 12.0 Å². The van der Waals surface area contributed by atoms with E-state index >= 15 is 0 Å². The topological polar surface area (TPSA) is 29.5 Å². The van der Waals surface area contributed by atoms with Gasteiger partial charge in [-0.3, -0.25) is 0 Å². The van der Waals surface area contributed by atoms with E-state index in [9.17, 15) is 0 Å². The van der Waals surface area contributed by atoms with Crippen molar-refractivity contribution in [3.8, 4) is 12.0 Å². The van der Waals surface area contributed by atoms with Gasteiger partial charge in [0, 0.05) is 13.5 Å². The van der Waals surface area contributed by atoms with Gasteiger partial charge in [0.25, 0.3) is 0 Å². The summed E-state index contributed by atoms with van der Waals surface area (Å²) in [5.74, 6) is 2.43. The third-order valence-electron chi connectivity index (χ3n) is 0.510. The molecule has 0 radical (unpaired) electrons. The van der Waals surface area contributed by atoms with E-state index in [4.69, 9.17) is 5.11 Å². The highest BCUT2D eigenvalue weighted by molar-refractivity contribution is 4.88. The maximum Gasteiger partial charge on any atom is 0.107 e. The fourth-order valence-electron chi connectivity index (χ4n) is 0.209. The molecule has 0 rings (SSSR count). The molecular weight excluding hydrogens is 92.1 g/mol. The van der Waals surface area contributed by atoms with Crippen molar-refractivity contribution in [1.29, 1.82) is 0 Å². The predicted molar refractivity (Wildman–Crippen MR) is 26.2 cm³/mol. The fraction of sp³-hybridized carbons (Fsp3) is 0.600. The van der Waals surface area contributed by atoms with Gasteiger partial charge < -0.3 is 9.84 Å². The first kappa shape index (κ1) is 6.32. The lowest BCUT2D eigenvalue weighted by molar-refractivity contribution is 0.206. The highest BCUT2D eigenvalue weighted by Gasteiger charge is 1.72. The molecule has 0 aliphatic rings. The first-order valence-electron chi connectivity index (χ1n) is 2.02. The molecule has 0 amide bonds. The van der Waals surface area contributed by atoms with Crippen molar-refractivity contribution in [1.82, 2.24) is 0 Å². The van der Waals surface area contributed by atoms with Gasteiger partial charge in [0.2, 0.25) is 0 Å². The van der Waals surface area contributed by atoms with Crippen LogP contribution in [-0.4, -0.2) is 18.8 Å². The first-order valence-corrected chi connectivity index (χ1v) is 2.02. The SMILES string of the molecule is COCCC#CO. The average Bonchev–Trinajstić information content (AvgIpc) is 1.69. The van der Waals surface area contributed by atoms with Gasteiger partial charge in [-0.15, -0.1) is 0 Å². The number of hydrogen-bond donors (Lipinski definition) is 1. The van der Waals surface area contributed by atoms with Gasteiger partial charge in [-0.25, -0.2) is 0 Å². The maximum absolute atomic E-state index is 7.88. The zero-order valence-corrected chi connectivity index (χ0v) is 4.27. The summed E-state index contributed by atoms with van der Waals surface area (Å²) in [5, 5.41) is 7.88. The van der Waals surface area contributed by atoms with Crippen molar-refractivity contribution in [2.45, 2.75) is 6.42 Å². The van der Waals surface area contributed by atoms with E-state index < -0.39 is 0 Å². The Kier molecular flexibility index (Phi) is 4.80. The molecule has 0 saturated heterocycles. The molecule has 0 saturated carbocycles. The highest BCUT2D eigenvalue weighted by Crippen LogP contribution is 1.72. The Morgan fingerprint density at radius 2 is 2.43 bits per heavy atom. The Balaban J connectivity index is 2.78. The Labute approximate surface area is 43.1 Å². The summed E-state index contributed by atoms with van der Waals surface area (Å²) in [5.41, 5.74) is 0. The van der Waals surface area contributed by atoms with E-state index in [-0.39, 0.29) is 0 Å². The monoisotopic (exact) mass is 100 g/mol. The molecule has 1 N–H and O–H groups in total. The molecule has 0 atom stereocenters. The van der Waals surface area contributed by atoms with Crippen molar-refractivity contribution in [2.24, 2.45) is 0 Å². The van der Waals surface area contributed by atoms with Gasteiger partial charge in [-0.2, -0.15) is 0 Å². The van der Waals surface area contributed by atoms with E-state index in [1.807, 2.05) is 0 Å². The van der Waals surface area contributed by atoms with Gasteiger partial charge in [-0.05, 0) is 0 Å². The number of aliphatic hydroxyl groups excluding tert-OH is 1. The molecule has 0 aromatic carbocycles. The Hall–Kier alpha value is -0.680. The van der Waals surface area contributed by atoms with Gasteiger partial charge in [0.05, 0.1) is 6.61 Å². The number of ether oxygens (including phenoxy) is 1. The van der Waals surface area contributed by atoms with Crippen molar-refractivity contribution in [2.75, 3.05) is 13.7 Å². The molecule has 0 spiro atoms. The largest absolute Gasteiger partial charge is 0.462 e. The van der Waals surface area contributed by atoms with Crippen LogP contribution in [0.2, 0.25) is 0 Å². The van der Waals surface area contributed by atoms with Crippen LogP contribution in [0.1, 0.15) is 6.42 Å². The first-order chi connectivity index (χ1) is 3.41. The Morgan fingerprint density at radius 3 is 2.86 bits per heavy atom. The van der Waals surface area contributed by atoms with E-state index in [0.29, 0.717) is 13.0 Å². The molecule has 0 aliphatic heterocycles. The van der Waals surface area contributed by atoms with Crippen molar-refractivity contribution < 1.29 is 9.84 Å². The third kappa shape index (κ3) is 5.32. The van der Waals surface area contributed by atoms with Gasteiger partial charge in [0.15, 0.2) is 0 Å². The van der Waals surface area contributed by atoms with Gasteiger partial charge >= 0.3 is 0 Å². The minimum atomic E-state index is 0.591. The zero-order valence-electron chi connectivity index (χ0n) is 4.27. The standard InChI is InChI=1S/C5H8O2/c1-7-5-3-2-4-6/h6H,3,5H2,1H3. The quantitative estimate of drug-likeness (QED) is 0.401. The molecule has 0 aromatic rings. The molecule has 0 heterocycles. The Bertz CT molecular complexity index is 77.8. The number of aliphatic hydroxyl groups is 1. The summed E-state index contributed by atoms with van der Waals surface area (Å²) >= 11 is 0. The van der Waals surface area contributed by atoms with Crippen LogP contribution >= 0.6 is 0 Å². The highest BCUT2D eigenvalue weighted by atomic mass is 16.5. The molecule has 0 aromatic heterocycles. The number of hydrogen-bond acceptors (Lipinski definition) is 2. The van der Waals surface area contributed by atoms with Crippen LogP contribution in [0.4, 0.5) is 0 Å². The summed E-state index contributed by atoms with van der Waals surface area (Å²) in [6, 6.07) is 0. The fourth-order valence-corrected chi connectivity index (χ4v) is 0.209. The normalized spacial score (nSPS) is 7.00. The second-order valence-corrected chi connectivity index (χ2v) is 1.03. The number of methoxy groups -OCH3 is 1. The van der Waals surface area contributed by atoms with Crippen molar-refractivity contribution >= 4 is 0 Å². The lowest BCUT2D eigenvalue weighted by atomic mass is 10.5. The summed E-state index contributed by atoms with van der Waals surface area (Å²) in [7, 11) is 1.60. The average molecular weight is 100 g/mol. The Morgan fingerprint density at radius 1 is 1.71 bits per heavy atom. The molecule has 0 unspecified atom stereocenters. The molecule has 0 aliphatic carbocycles. The molecular formula is C5H8O2. The molecule has 2 nitrogen and oxygen atoms in total. The molecule has 0 fully saturated rings. The van der Waals surface area contributed by atoms with E-state index in [0.717, 1.165) is 0 Å². The lowest BCUT2D eigenvalue weighted by Crippen LogP contribution is -1.83. The molecule has 2 heteroatoms. The lowest BCUT2D eigenvalue weighted by Gasteiger charge is -1.84. The third-order valence-corrected chi connectivity index (χ3v) is 0.510. The minimum absolute atomic E-state index is 0.591. The molecule has 40 valence electrons. The summed E-state index contributed by atoms with van der Waals surface area (Å²) in [6.45, 7) is 0.591. The smallest absolute Gasteiger partial charge is 0.107 e. The van der Waals surface area contributed by atoms with Crippen LogP contribution in [-0.2, 0) is 4.74 Å².